The van der Waals surface area contributed by atoms with E-state index in [0.717, 1.165) is 10.8 Å². The Labute approximate surface area is 136 Å². The maximum Gasteiger partial charge on any atom is 0.264 e. The Balaban J connectivity index is 2.08. The number of anilines is 1. The Bertz CT molecular complexity index is 929. The number of nitrogens with zero attached hydrogens (tertiary/aromatic N) is 1. The molecule has 118 valence electrons. The minimum atomic E-state index is -3.63. The van der Waals surface area contributed by atoms with Crippen LogP contribution in [0.25, 0.3) is 10.8 Å². The number of hydrogen-bond donors (Lipinski definition) is 0. The van der Waals surface area contributed by atoms with Crippen molar-refractivity contribution in [3.63, 3.8) is 0 Å². The van der Waals surface area contributed by atoms with Gasteiger partial charge in [0, 0.05) is 12.4 Å². The summed E-state index contributed by atoms with van der Waals surface area (Å²) < 4.78 is 32.1. The van der Waals surface area contributed by atoms with Crippen LogP contribution in [0.1, 0.15) is 0 Å². The highest BCUT2D eigenvalue weighted by atomic mass is 32.2. The molecule has 3 aromatic rings. The predicted octanol–water partition coefficient (Wildman–Crippen LogP) is 3.67. The van der Waals surface area contributed by atoms with Crippen LogP contribution in [0.5, 0.6) is 5.75 Å². The molecule has 3 aromatic carbocycles. The van der Waals surface area contributed by atoms with Crippen LogP contribution in [0.3, 0.4) is 0 Å². The lowest BCUT2D eigenvalue weighted by Crippen LogP contribution is -2.26. The highest BCUT2D eigenvalue weighted by Crippen LogP contribution is 2.30. The maximum absolute atomic E-state index is 12.9. The number of benzene rings is 3. The summed E-state index contributed by atoms with van der Waals surface area (Å²) in [5.74, 6) is 0.622. The van der Waals surface area contributed by atoms with E-state index in [2.05, 4.69) is 0 Å². The minimum Gasteiger partial charge on any atom is -0.497 e. The van der Waals surface area contributed by atoms with Gasteiger partial charge in [-0.3, -0.25) is 4.31 Å². The van der Waals surface area contributed by atoms with E-state index in [1.54, 1.807) is 38.4 Å². The Kier molecular flexibility index (Phi) is 3.96. The Hall–Kier alpha value is -2.53. The Morgan fingerprint density at radius 3 is 2.22 bits per heavy atom. The summed E-state index contributed by atoms with van der Waals surface area (Å²) >= 11 is 0. The third kappa shape index (κ3) is 2.75. The standard InChI is InChI=1S/C18H17NO3S/c1-19(18-9-5-7-14-6-3-4-8-17(14)18)23(20,21)16-12-10-15(22-2)11-13-16/h3-13H,1-2H3. The van der Waals surface area contributed by atoms with Crippen LogP contribution in [0.4, 0.5) is 5.69 Å². The molecule has 0 saturated carbocycles. The van der Waals surface area contributed by atoms with Crippen molar-refractivity contribution >= 4 is 26.5 Å². The SMILES string of the molecule is COc1ccc(S(=O)(=O)N(C)c2cccc3ccccc23)cc1. The number of hydrogen-bond acceptors (Lipinski definition) is 3. The fraction of sp³-hybridized carbons (Fsp3) is 0.111. The lowest BCUT2D eigenvalue weighted by molar-refractivity contribution is 0.414. The highest BCUT2D eigenvalue weighted by Gasteiger charge is 2.22. The summed E-state index contributed by atoms with van der Waals surface area (Å²) in [6.07, 6.45) is 0. The first kappa shape index (κ1) is 15.4. The lowest BCUT2D eigenvalue weighted by Gasteiger charge is -2.21. The molecule has 23 heavy (non-hydrogen) atoms. The lowest BCUT2D eigenvalue weighted by atomic mass is 10.1. The van der Waals surface area contributed by atoms with Gasteiger partial charge in [-0.25, -0.2) is 8.42 Å². The summed E-state index contributed by atoms with van der Waals surface area (Å²) in [5, 5.41) is 1.90. The van der Waals surface area contributed by atoms with Gasteiger partial charge in [0.1, 0.15) is 5.75 Å². The van der Waals surface area contributed by atoms with Gasteiger partial charge in [-0.05, 0) is 35.7 Å². The van der Waals surface area contributed by atoms with E-state index in [4.69, 9.17) is 4.74 Å². The van der Waals surface area contributed by atoms with Gasteiger partial charge in [0.05, 0.1) is 17.7 Å². The van der Waals surface area contributed by atoms with Crippen molar-refractivity contribution in [3.05, 3.63) is 66.7 Å². The molecule has 0 spiro atoms. The summed E-state index contributed by atoms with van der Waals surface area (Å²) in [6.45, 7) is 0. The van der Waals surface area contributed by atoms with E-state index in [0.29, 0.717) is 11.4 Å². The second-order valence-electron chi connectivity index (χ2n) is 5.15. The largest absolute Gasteiger partial charge is 0.497 e. The molecule has 0 aliphatic rings. The summed E-state index contributed by atoms with van der Waals surface area (Å²) in [6, 6.07) is 19.7. The number of fused-ring (bicyclic) bond motifs is 1. The average Bonchev–Trinajstić information content (AvgIpc) is 2.60. The molecule has 4 nitrogen and oxygen atoms in total. The molecule has 5 heteroatoms. The van der Waals surface area contributed by atoms with Gasteiger partial charge in [-0.2, -0.15) is 0 Å². The zero-order valence-electron chi connectivity index (χ0n) is 12.9. The molecule has 0 fully saturated rings. The topological polar surface area (TPSA) is 46.6 Å². The second kappa shape index (κ2) is 5.93. The van der Waals surface area contributed by atoms with Gasteiger partial charge in [0.2, 0.25) is 0 Å². The van der Waals surface area contributed by atoms with E-state index in [-0.39, 0.29) is 4.90 Å². The molecule has 0 aliphatic heterocycles. The van der Waals surface area contributed by atoms with Gasteiger partial charge in [-0.1, -0.05) is 36.4 Å². The maximum atomic E-state index is 12.9. The van der Waals surface area contributed by atoms with E-state index in [1.807, 2.05) is 42.5 Å². The van der Waals surface area contributed by atoms with Gasteiger partial charge < -0.3 is 4.74 Å². The number of ether oxygens (including phenoxy) is 1. The molecule has 0 N–H and O–H groups in total. The molecule has 0 radical (unpaired) electrons. The Morgan fingerprint density at radius 2 is 1.52 bits per heavy atom. The fourth-order valence-electron chi connectivity index (χ4n) is 2.52. The van der Waals surface area contributed by atoms with Crippen molar-refractivity contribution in [1.29, 1.82) is 0 Å². The zero-order chi connectivity index (χ0) is 16.4. The molecule has 0 aromatic heterocycles. The molecule has 0 aliphatic carbocycles. The van der Waals surface area contributed by atoms with Gasteiger partial charge >= 0.3 is 0 Å². The van der Waals surface area contributed by atoms with Gasteiger partial charge in [0.25, 0.3) is 10.0 Å². The van der Waals surface area contributed by atoms with E-state index in [1.165, 1.54) is 4.31 Å². The molecule has 0 atom stereocenters. The first-order valence-electron chi connectivity index (χ1n) is 7.15. The van der Waals surface area contributed by atoms with Crippen LogP contribution >= 0.6 is 0 Å². The predicted molar refractivity (Wildman–Crippen MR) is 92.5 cm³/mol. The summed E-state index contributed by atoms with van der Waals surface area (Å²) in [4.78, 5) is 0.230. The van der Waals surface area contributed by atoms with Crippen LogP contribution in [-0.4, -0.2) is 22.6 Å². The number of methoxy groups -OCH3 is 1. The quantitative estimate of drug-likeness (QED) is 0.734. The third-order valence-corrected chi connectivity index (χ3v) is 5.61. The van der Waals surface area contributed by atoms with E-state index < -0.39 is 10.0 Å². The van der Waals surface area contributed by atoms with Crippen molar-refractivity contribution in [3.8, 4) is 5.75 Å². The van der Waals surface area contributed by atoms with E-state index >= 15 is 0 Å². The normalized spacial score (nSPS) is 11.4. The third-order valence-electron chi connectivity index (χ3n) is 3.82. The number of sulfonamides is 1. The van der Waals surface area contributed by atoms with E-state index in [9.17, 15) is 8.42 Å². The van der Waals surface area contributed by atoms with Crippen LogP contribution in [0.15, 0.2) is 71.6 Å². The van der Waals surface area contributed by atoms with Crippen molar-refractivity contribution in [2.75, 3.05) is 18.5 Å². The van der Waals surface area contributed by atoms with Crippen molar-refractivity contribution in [1.82, 2.24) is 0 Å². The fourth-order valence-corrected chi connectivity index (χ4v) is 3.73. The average molecular weight is 327 g/mol. The molecule has 0 saturated heterocycles. The molecule has 0 unspecified atom stereocenters. The van der Waals surface area contributed by atoms with Crippen molar-refractivity contribution in [2.24, 2.45) is 0 Å². The monoisotopic (exact) mass is 327 g/mol. The highest BCUT2D eigenvalue weighted by molar-refractivity contribution is 7.92. The van der Waals surface area contributed by atoms with Gasteiger partial charge in [0.15, 0.2) is 0 Å². The molecule has 3 rings (SSSR count). The number of rotatable bonds is 4. The smallest absolute Gasteiger partial charge is 0.264 e. The zero-order valence-corrected chi connectivity index (χ0v) is 13.7. The van der Waals surface area contributed by atoms with Crippen LogP contribution < -0.4 is 9.04 Å². The molecule has 0 heterocycles. The van der Waals surface area contributed by atoms with Crippen LogP contribution in [0.2, 0.25) is 0 Å². The Morgan fingerprint density at radius 1 is 0.870 bits per heavy atom. The van der Waals surface area contributed by atoms with Crippen LogP contribution in [0, 0.1) is 0 Å². The molecule has 0 amide bonds. The molecular formula is C18H17NO3S. The molecular weight excluding hydrogens is 310 g/mol. The first-order chi connectivity index (χ1) is 11.0. The first-order valence-corrected chi connectivity index (χ1v) is 8.59. The van der Waals surface area contributed by atoms with Crippen molar-refractivity contribution in [2.45, 2.75) is 4.90 Å². The summed E-state index contributed by atoms with van der Waals surface area (Å²) in [5.41, 5.74) is 0.652. The molecule has 0 bridgehead atoms. The second-order valence-corrected chi connectivity index (χ2v) is 7.12. The summed E-state index contributed by atoms with van der Waals surface area (Å²) in [7, 11) is -0.513. The van der Waals surface area contributed by atoms with Crippen LogP contribution in [-0.2, 0) is 10.0 Å². The van der Waals surface area contributed by atoms with Gasteiger partial charge in [-0.15, -0.1) is 0 Å². The minimum absolute atomic E-state index is 0.230. The van der Waals surface area contributed by atoms with Crippen molar-refractivity contribution < 1.29 is 13.2 Å².